The predicted octanol–water partition coefficient (Wildman–Crippen LogP) is 1.53. The number of thiazole rings is 1. The minimum Gasteiger partial charge on any atom is -0.322 e. The van der Waals surface area contributed by atoms with Gasteiger partial charge in [0.15, 0.2) is 0 Å². The Balaban J connectivity index is 1.96. The normalized spacial score (nSPS) is 19.0. The highest BCUT2D eigenvalue weighted by Gasteiger charge is 2.10. The number of nitrogens with two attached hydrogens (primary N) is 1. The molecule has 76 valence electrons. The maximum absolute atomic E-state index is 5.76. The summed E-state index contributed by atoms with van der Waals surface area (Å²) >= 11 is 1.66. The maximum Gasteiger partial charge on any atom is 0.109 e. The summed E-state index contributed by atoms with van der Waals surface area (Å²) in [4.78, 5) is 6.84. The van der Waals surface area contributed by atoms with Crippen molar-refractivity contribution in [1.29, 1.82) is 0 Å². The van der Waals surface area contributed by atoms with Crippen LogP contribution in [-0.4, -0.2) is 23.0 Å². The molecule has 1 aromatic heterocycles. The van der Waals surface area contributed by atoms with E-state index >= 15 is 0 Å². The molecule has 14 heavy (non-hydrogen) atoms. The summed E-state index contributed by atoms with van der Waals surface area (Å²) in [6, 6.07) is 0.0606. The molecule has 1 unspecified atom stereocenters. The third-order valence-corrected chi connectivity index (χ3v) is 3.33. The zero-order valence-corrected chi connectivity index (χ0v) is 9.13. The van der Waals surface area contributed by atoms with E-state index in [-0.39, 0.29) is 6.04 Å². The summed E-state index contributed by atoms with van der Waals surface area (Å²) in [5.74, 6) is 0. The van der Waals surface area contributed by atoms with Crippen molar-refractivity contribution < 1.29 is 0 Å². The van der Waals surface area contributed by atoms with Crippen LogP contribution in [0.25, 0.3) is 0 Å². The lowest BCUT2D eigenvalue weighted by Gasteiger charge is -2.12. The molecular weight excluding hydrogens is 194 g/mol. The van der Waals surface area contributed by atoms with Gasteiger partial charge >= 0.3 is 0 Å². The van der Waals surface area contributed by atoms with E-state index in [0.29, 0.717) is 0 Å². The molecule has 0 fully saturated rings. The molecule has 0 saturated carbocycles. The first-order valence-electron chi connectivity index (χ1n) is 4.83. The number of hydrogen-bond acceptors (Lipinski definition) is 4. The third-order valence-electron chi connectivity index (χ3n) is 2.24. The average Bonchev–Trinajstić information content (AvgIpc) is 2.75. The van der Waals surface area contributed by atoms with Crippen LogP contribution in [-0.2, 0) is 6.54 Å². The fourth-order valence-electron chi connectivity index (χ4n) is 1.48. The van der Waals surface area contributed by atoms with Crippen molar-refractivity contribution in [2.45, 2.75) is 19.5 Å². The fraction of sp³-hybridized carbons (Fsp3) is 0.500. The minimum atomic E-state index is 0.0606. The summed E-state index contributed by atoms with van der Waals surface area (Å²) in [7, 11) is 0. The number of rotatable bonds is 3. The summed E-state index contributed by atoms with van der Waals surface area (Å²) in [6.07, 6.45) is 4.39. The Morgan fingerprint density at radius 3 is 2.86 bits per heavy atom. The van der Waals surface area contributed by atoms with Gasteiger partial charge in [0, 0.05) is 25.0 Å². The quantitative estimate of drug-likeness (QED) is 0.768. The molecule has 0 spiro atoms. The molecule has 2 heterocycles. The minimum absolute atomic E-state index is 0.0606. The summed E-state index contributed by atoms with van der Waals surface area (Å²) in [5.41, 5.74) is 6.90. The molecule has 1 atom stereocenters. The second-order valence-electron chi connectivity index (χ2n) is 3.63. The molecule has 1 aliphatic rings. The third kappa shape index (κ3) is 2.20. The SMILES string of the molecule is CC(N)c1nc(CN2CC=CC2)cs1. The molecule has 0 aromatic carbocycles. The van der Waals surface area contributed by atoms with Crippen LogP contribution in [0.5, 0.6) is 0 Å². The Labute approximate surface area is 88.3 Å². The van der Waals surface area contributed by atoms with Gasteiger partial charge in [0.1, 0.15) is 5.01 Å². The molecule has 4 heteroatoms. The molecule has 0 aliphatic carbocycles. The second kappa shape index (κ2) is 4.21. The first-order chi connectivity index (χ1) is 6.75. The van der Waals surface area contributed by atoms with Crippen LogP contribution in [0, 0.1) is 0 Å². The second-order valence-corrected chi connectivity index (χ2v) is 4.52. The van der Waals surface area contributed by atoms with Crippen LogP contribution < -0.4 is 5.73 Å². The molecular formula is C10H15N3S. The Bertz CT molecular complexity index is 322. The van der Waals surface area contributed by atoms with Gasteiger partial charge < -0.3 is 5.73 Å². The van der Waals surface area contributed by atoms with E-state index in [9.17, 15) is 0 Å². The molecule has 1 aromatic rings. The molecule has 2 N–H and O–H groups in total. The van der Waals surface area contributed by atoms with Gasteiger partial charge in [-0.1, -0.05) is 12.2 Å². The van der Waals surface area contributed by atoms with Crippen LogP contribution in [0.4, 0.5) is 0 Å². The van der Waals surface area contributed by atoms with Crippen molar-refractivity contribution in [3.63, 3.8) is 0 Å². The summed E-state index contributed by atoms with van der Waals surface area (Å²) in [6.45, 7) is 5.01. The highest BCUT2D eigenvalue weighted by Crippen LogP contribution is 2.17. The van der Waals surface area contributed by atoms with E-state index in [1.54, 1.807) is 11.3 Å². The molecule has 1 aliphatic heterocycles. The van der Waals surface area contributed by atoms with Gasteiger partial charge in [-0.05, 0) is 6.92 Å². The largest absolute Gasteiger partial charge is 0.322 e. The lowest BCUT2D eigenvalue weighted by molar-refractivity contribution is 0.341. The molecule has 3 nitrogen and oxygen atoms in total. The van der Waals surface area contributed by atoms with Crippen LogP contribution in [0.1, 0.15) is 23.7 Å². The molecule has 0 radical (unpaired) electrons. The van der Waals surface area contributed by atoms with Gasteiger partial charge in [-0.25, -0.2) is 4.98 Å². The van der Waals surface area contributed by atoms with E-state index in [4.69, 9.17) is 5.73 Å². The zero-order chi connectivity index (χ0) is 9.97. The molecule has 0 bridgehead atoms. The lowest BCUT2D eigenvalue weighted by atomic mass is 10.4. The van der Waals surface area contributed by atoms with Gasteiger partial charge in [0.2, 0.25) is 0 Å². The van der Waals surface area contributed by atoms with Crippen molar-refractivity contribution in [2.24, 2.45) is 5.73 Å². The monoisotopic (exact) mass is 209 g/mol. The Hall–Kier alpha value is -0.710. The Morgan fingerprint density at radius 1 is 1.57 bits per heavy atom. The van der Waals surface area contributed by atoms with Crippen LogP contribution in [0.15, 0.2) is 17.5 Å². The van der Waals surface area contributed by atoms with Crippen molar-refractivity contribution in [3.05, 3.63) is 28.2 Å². The van der Waals surface area contributed by atoms with Gasteiger partial charge in [-0.3, -0.25) is 4.90 Å². The van der Waals surface area contributed by atoms with Crippen LogP contribution in [0.2, 0.25) is 0 Å². The van der Waals surface area contributed by atoms with E-state index in [1.807, 2.05) is 6.92 Å². The number of nitrogens with zero attached hydrogens (tertiary/aromatic N) is 2. The van der Waals surface area contributed by atoms with Gasteiger partial charge in [0.05, 0.1) is 11.7 Å². The van der Waals surface area contributed by atoms with E-state index in [1.165, 1.54) is 0 Å². The lowest BCUT2D eigenvalue weighted by Crippen LogP contribution is -2.19. The van der Waals surface area contributed by atoms with E-state index in [0.717, 1.165) is 30.3 Å². The predicted molar refractivity (Wildman–Crippen MR) is 59.1 cm³/mol. The molecule has 0 amide bonds. The van der Waals surface area contributed by atoms with Crippen molar-refractivity contribution in [2.75, 3.05) is 13.1 Å². The van der Waals surface area contributed by atoms with E-state index < -0.39 is 0 Å². The van der Waals surface area contributed by atoms with Crippen molar-refractivity contribution >= 4 is 11.3 Å². The zero-order valence-electron chi connectivity index (χ0n) is 8.31. The average molecular weight is 209 g/mol. The summed E-state index contributed by atoms with van der Waals surface area (Å²) in [5, 5.41) is 3.14. The smallest absolute Gasteiger partial charge is 0.109 e. The standard InChI is InChI=1S/C10H15N3S/c1-8(11)10-12-9(7-14-10)6-13-4-2-3-5-13/h2-3,7-8H,4-6,11H2,1H3. The fourth-order valence-corrected chi connectivity index (χ4v) is 2.25. The van der Waals surface area contributed by atoms with Crippen LogP contribution >= 0.6 is 11.3 Å². The first-order valence-corrected chi connectivity index (χ1v) is 5.71. The van der Waals surface area contributed by atoms with Gasteiger partial charge in [0.25, 0.3) is 0 Å². The molecule has 2 rings (SSSR count). The molecule has 0 saturated heterocycles. The Kier molecular flexibility index (Phi) is 2.96. The Morgan fingerprint density at radius 2 is 2.29 bits per heavy atom. The maximum atomic E-state index is 5.76. The van der Waals surface area contributed by atoms with Crippen molar-refractivity contribution in [3.8, 4) is 0 Å². The highest BCUT2D eigenvalue weighted by atomic mass is 32.1. The van der Waals surface area contributed by atoms with Crippen LogP contribution in [0.3, 0.4) is 0 Å². The number of hydrogen-bond donors (Lipinski definition) is 1. The summed E-state index contributed by atoms with van der Waals surface area (Å²) < 4.78 is 0. The number of aromatic nitrogens is 1. The van der Waals surface area contributed by atoms with Gasteiger partial charge in [-0.2, -0.15) is 0 Å². The first kappa shape index (κ1) is 9.83. The van der Waals surface area contributed by atoms with Gasteiger partial charge in [-0.15, -0.1) is 11.3 Å². The topological polar surface area (TPSA) is 42.1 Å². The highest BCUT2D eigenvalue weighted by molar-refractivity contribution is 7.09. The van der Waals surface area contributed by atoms with E-state index in [2.05, 4.69) is 27.4 Å². The van der Waals surface area contributed by atoms with Crippen molar-refractivity contribution in [1.82, 2.24) is 9.88 Å².